The van der Waals surface area contributed by atoms with Gasteiger partial charge in [-0.1, -0.05) is 31.2 Å². The Balaban J connectivity index is 1.28. The highest BCUT2D eigenvalue weighted by Crippen LogP contribution is 2.20. The van der Waals surface area contributed by atoms with Crippen LogP contribution < -0.4 is 11.1 Å². The van der Waals surface area contributed by atoms with Gasteiger partial charge in [0.1, 0.15) is 5.82 Å². The van der Waals surface area contributed by atoms with Crippen molar-refractivity contribution in [3.05, 3.63) is 107 Å². The van der Waals surface area contributed by atoms with E-state index in [1.165, 1.54) is 0 Å². The second kappa shape index (κ2) is 9.27. The summed E-state index contributed by atoms with van der Waals surface area (Å²) >= 11 is 0. The van der Waals surface area contributed by atoms with E-state index in [0.29, 0.717) is 24.3 Å². The third kappa shape index (κ3) is 4.57. The number of hydrogen-bond acceptors (Lipinski definition) is 5. The van der Waals surface area contributed by atoms with E-state index in [0.717, 1.165) is 50.6 Å². The molecule has 5 aromatic rings. The van der Waals surface area contributed by atoms with Crippen molar-refractivity contribution in [2.75, 3.05) is 5.73 Å². The molecule has 0 aliphatic rings. The molecule has 2 aromatic carbocycles. The smallest absolute Gasteiger partial charge is 0.251 e. The molecule has 0 bridgehead atoms. The third-order valence-corrected chi connectivity index (χ3v) is 5.95. The highest BCUT2D eigenvalue weighted by molar-refractivity contribution is 5.94. The first-order valence-electron chi connectivity index (χ1n) is 11.3. The van der Waals surface area contributed by atoms with Crippen molar-refractivity contribution in [2.45, 2.75) is 26.3 Å². The molecular weight excluding hydrogens is 422 g/mol. The number of nitrogen functional groups attached to an aromatic ring is 1. The van der Waals surface area contributed by atoms with Crippen molar-refractivity contribution in [2.24, 2.45) is 0 Å². The number of amides is 1. The fourth-order valence-corrected chi connectivity index (χ4v) is 4.09. The van der Waals surface area contributed by atoms with Crippen LogP contribution in [0.3, 0.4) is 0 Å². The van der Waals surface area contributed by atoms with E-state index >= 15 is 0 Å². The van der Waals surface area contributed by atoms with Gasteiger partial charge in [-0.15, -0.1) is 0 Å². The maximum atomic E-state index is 12.8. The van der Waals surface area contributed by atoms with E-state index in [2.05, 4.69) is 51.5 Å². The first-order valence-corrected chi connectivity index (χ1v) is 11.3. The van der Waals surface area contributed by atoms with Crippen LogP contribution >= 0.6 is 0 Å². The molecule has 3 N–H and O–H groups in total. The summed E-state index contributed by atoms with van der Waals surface area (Å²) in [5.41, 5.74) is 11.6. The zero-order chi connectivity index (χ0) is 23.5. The van der Waals surface area contributed by atoms with Gasteiger partial charge in [0.25, 0.3) is 5.91 Å². The predicted octanol–water partition coefficient (Wildman–Crippen LogP) is 4.84. The molecule has 0 aliphatic heterocycles. The number of anilines is 1. The van der Waals surface area contributed by atoms with E-state index in [-0.39, 0.29) is 5.91 Å². The first-order chi connectivity index (χ1) is 16.6. The van der Waals surface area contributed by atoms with Crippen molar-refractivity contribution in [1.82, 2.24) is 20.3 Å². The number of nitrogens with one attached hydrogen (secondary N) is 1. The predicted molar refractivity (Wildman–Crippen MR) is 135 cm³/mol. The van der Waals surface area contributed by atoms with Gasteiger partial charge in [-0.25, -0.2) is 4.98 Å². The summed E-state index contributed by atoms with van der Waals surface area (Å²) in [6, 6.07) is 21.9. The standard InChI is InChI=1S/C28H25N5O/c1-2-23-6-5-21-13-18(4-8-26(21)33-23)15-24-16-22(10-11-30-24)28(34)32-17-19-3-7-25-20(14-19)9-12-31-27(25)29/h3-14,16H,2,15,17H2,1H3,(H2,29,31)(H,32,34). The fraction of sp³-hybridized carbons (Fsp3) is 0.143. The molecule has 0 saturated heterocycles. The summed E-state index contributed by atoms with van der Waals surface area (Å²) in [4.78, 5) is 26.0. The number of aromatic nitrogens is 3. The quantitative estimate of drug-likeness (QED) is 0.388. The van der Waals surface area contributed by atoms with Crippen molar-refractivity contribution in [3.8, 4) is 0 Å². The van der Waals surface area contributed by atoms with Crippen molar-refractivity contribution < 1.29 is 4.79 Å². The van der Waals surface area contributed by atoms with Crippen molar-refractivity contribution >= 4 is 33.4 Å². The van der Waals surface area contributed by atoms with Gasteiger partial charge in [0.15, 0.2) is 0 Å². The molecule has 3 heterocycles. The molecule has 6 heteroatoms. The lowest BCUT2D eigenvalue weighted by molar-refractivity contribution is 0.0950. The summed E-state index contributed by atoms with van der Waals surface area (Å²) < 4.78 is 0. The molecule has 0 spiro atoms. The van der Waals surface area contributed by atoms with Crippen molar-refractivity contribution in [3.63, 3.8) is 0 Å². The molecule has 0 aliphatic carbocycles. The van der Waals surface area contributed by atoms with Crippen LogP contribution in [0.2, 0.25) is 0 Å². The Morgan fingerprint density at radius 2 is 1.68 bits per heavy atom. The largest absolute Gasteiger partial charge is 0.383 e. The van der Waals surface area contributed by atoms with Gasteiger partial charge in [0.05, 0.1) is 5.52 Å². The van der Waals surface area contributed by atoms with Crippen LogP contribution in [-0.4, -0.2) is 20.9 Å². The highest BCUT2D eigenvalue weighted by atomic mass is 16.1. The fourth-order valence-electron chi connectivity index (χ4n) is 4.09. The molecule has 168 valence electrons. The molecule has 0 fully saturated rings. The molecular formula is C28H25N5O. The van der Waals surface area contributed by atoms with Crippen LogP contribution in [-0.2, 0) is 19.4 Å². The van der Waals surface area contributed by atoms with Crippen LogP contribution in [0.5, 0.6) is 0 Å². The molecule has 0 saturated carbocycles. The number of nitrogens with two attached hydrogens (primary N) is 1. The van der Waals surface area contributed by atoms with E-state index in [9.17, 15) is 4.79 Å². The first kappa shape index (κ1) is 21.5. The maximum absolute atomic E-state index is 12.8. The molecule has 0 atom stereocenters. The van der Waals surface area contributed by atoms with Gasteiger partial charge in [-0.2, -0.15) is 0 Å². The van der Waals surface area contributed by atoms with Gasteiger partial charge >= 0.3 is 0 Å². The van der Waals surface area contributed by atoms with E-state index in [1.54, 1.807) is 18.5 Å². The monoisotopic (exact) mass is 447 g/mol. The number of rotatable bonds is 6. The van der Waals surface area contributed by atoms with Gasteiger partial charge in [-0.3, -0.25) is 14.8 Å². The Bertz CT molecular complexity index is 1510. The second-order valence-electron chi connectivity index (χ2n) is 8.33. The Hall–Kier alpha value is -4.32. The maximum Gasteiger partial charge on any atom is 0.251 e. The number of pyridine rings is 3. The average molecular weight is 448 g/mol. The topological polar surface area (TPSA) is 93.8 Å². The van der Waals surface area contributed by atoms with Gasteiger partial charge in [0, 0.05) is 53.1 Å². The number of carbonyl (C=O) groups is 1. The van der Waals surface area contributed by atoms with Crippen LogP contribution in [0.15, 0.2) is 79.1 Å². The van der Waals surface area contributed by atoms with E-state index in [1.807, 2.05) is 36.4 Å². The summed E-state index contributed by atoms with van der Waals surface area (Å²) in [6.45, 7) is 2.53. The zero-order valence-electron chi connectivity index (χ0n) is 19.0. The number of aryl methyl sites for hydroxylation is 1. The summed E-state index contributed by atoms with van der Waals surface area (Å²) in [7, 11) is 0. The molecule has 34 heavy (non-hydrogen) atoms. The summed E-state index contributed by atoms with van der Waals surface area (Å²) in [5, 5.41) is 6.02. The van der Waals surface area contributed by atoms with Crippen molar-refractivity contribution in [1.29, 1.82) is 0 Å². The molecule has 6 nitrogen and oxygen atoms in total. The van der Waals surface area contributed by atoms with E-state index < -0.39 is 0 Å². The van der Waals surface area contributed by atoms with Gasteiger partial charge in [-0.05, 0) is 65.4 Å². The number of carbonyl (C=O) groups excluding carboxylic acids is 1. The minimum atomic E-state index is -0.132. The Labute approximate surface area is 197 Å². The highest BCUT2D eigenvalue weighted by Gasteiger charge is 2.09. The molecule has 0 radical (unpaired) electrons. The van der Waals surface area contributed by atoms with E-state index in [4.69, 9.17) is 5.73 Å². The molecule has 1 amide bonds. The van der Waals surface area contributed by atoms with Crippen LogP contribution in [0.25, 0.3) is 21.7 Å². The van der Waals surface area contributed by atoms with Gasteiger partial charge in [0.2, 0.25) is 0 Å². The minimum Gasteiger partial charge on any atom is -0.383 e. The van der Waals surface area contributed by atoms with Gasteiger partial charge < -0.3 is 11.1 Å². The zero-order valence-corrected chi connectivity index (χ0v) is 19.0. The lowest BCUT2D eigenvalue weighted by Gasteiger charge is -2.09. The number of fused-ring (bicyclic) bond motifs is 2. The number of hydrogen-bond donors (Lipinski definition) is 2. The third-order valence-electron chi connectivity index (χ3n) is 5.95. The lowest BCUT2D eigenvalue weighted by Crippen LogP contribution is -2.23. The van der Waals surface area contributed by atoms with Crippen LogP contribution in [0.4, 0.5) is 5.82 Å². The summed E-state index contributed by atoms with van der Waals surface area (Å²) in [6.07, 6.45) is 4.94. The number of benzene rings is 2. The molecule has 5 rings (SSSR count). The average Bonchev–Trinajstić information content (AvgIpc) is 2.87. The summed E-state index contributed by atoms with van der Waals surface area (Å²) in [5.74, 6) is 0.374. The SMILES string of the molecule is CCc1ccc2cc(Cc3cc(C(=O)NCc4ccc5c(N)nccc5c4)ccn3)ccc2n1. The normalized spacial score (nSPS) is 11.1. The van der Waals surface area contributed by atoms with Crippen LogP contribution in [0, 0.1) is 0 Å². The minimum absolute atomic E-state index is 0.132. The second-order valence-corrected chi connectivity index (χ2v) is 8.33. The molecule has 3 aromatic heterocycles. The Kier molecular flexibility index (Phi) is 5.87. The Morgan fingerprint density at radius 3 is 2.56 bits per heavy atom. The van der Waals surface area contributed by atoms with Crippen LogP contribution in [0.1, 0.15) is 39.8 Å². The Morgan fingerprint density at radius 1 is 0.853 bits per heavy atom. The number of nitrogens with zero attached hydrogens (tertiary/aromatic N) is 3. The lowest BCUT2D eigenvalue weighted by atomic mass is 10.0. The molecule has 0 unspecified atom stereocenters.